The predicted molar refractivity (Wildman–Crippen MR) is 120 cm³/mol. The van der Waals surface area contributed by atoms with Gasteiger partial charge in [0, 0.05) is 38.2 Å². The third-order valence-corrected chi connectivity index (χ3v) is 7.46. The van der Waals surface area contributed by atoms with Crippen molar-refractivity contribution >= 4 is 17.7 Å². The van der Waals surface area contributed by atoms with Crippen LogP contribution in [0.5, 0.6) is 0 Å². The molecule has 174 valence electrons. The standard InChI is InChI=1S/C24H28N4O5/c1-15-16(3-4-17-18(15)13-33-23(17)32)19(29)12-27-9-7-24(8-10-27)11-22(31)28(14-24)20-5-6-21(30)26(2)25-20/h3-6,19,29H,7-14H2,1-2H3/t19-/m0/s1. The zero-order valence-corrected chi connectivity index (χ0v) is 18.9. The number of ether oxygens (including phenoxy) is 1. The Morgan fingerprint density at radius 1 is 1.15 bits per heavy atom. The summed E-state index contributed by atoms with van der Waals surface area (Å²) in [4.78, 5) is 40.1. The van der Waals surface area contributed by atoms with Gasteiger partial charge in [-0.15, -0.1) is 0 Å². The van der Waals surface area contributed by atoms with E-state index in [-0.39, 0.29) is 29.5 Å². The Kier molecular flexibility index (Phi) is 5.33. The van der Waals surface area contributed by atoms with Crippen LogP contribution in [-0.4, -0.2) is 57.8 Å². The van der Waals surface area contributed by atoms with E-state index in [2.05, 4.69) is 10.00 Å². The first kappa shape index (κ1) is 21.8. The second-order valence-corrected chi connectivity index (χ2v) is 9.51. The van der Waals surface area contributed by atoms with E-state index in [0.717, 1.165) is 42.6 Å². The first-order valence-electron chi connectivity index (χ1n) is 11.3. The molecule has 0 radical (unpaired) electrons. The Morgan fingerprint density at radius 3 is 2.64 bits per heavy atom. The second-order valence-electron chi connectivity index (χ2n) is 9.51. The zero-order chi connectivity index (χ0) is 23.3. The largest absolute Gasteiger partial charge is 0.457 e. The number of aliphatic hydroxyl groups excluding tert-OH is 1. The van der Waals surface area contributed by atoms with Gasteiger partial charge < -0.3 is 14.7 Å². The molecule has 2 fully saturated rings. The molecule has 3 aliphatic rings. The highest BCUT2D eigenvalue weighted by Gasteiger charge is 2.46. The van der Waals surface area contributed by atoms with Crippen LogP contribution in [-0.2, 0) is 23.2 Å². The van der Waals surface area contributed by atoms with Crippen LogP contribution in [0.15, 0.2) is 29.1 Å². The summed E-state index contributed by atoms with van der Waals surface area (Å²) >= 11 is 0. The SMILES string of the molecule is Cc1c([C@@H](O)CN2CCC3(CC2)CC(=O)N(c2ccc(=O)n(C)n2)C3)ccc2c1COC2=O. The molecule has 2 saturated heterocycles. The van der Waals surface area contributed by atoms with Gasteiger partial charge in [-0.3, -0.25) is 14.5 Å². The van der Waals surface area contributed by atoms with Gasteiger partial charge >= 0.3 is 5.97 Å². The van der Waals surface area contributed by atoms with Crippen LogP contribution < -0.4 is 10.5 Å². The first-order valence-corrected chi connectivity index (χ1v) is 11.3. The summed E-state index contributed by atoms with van der Waals surface area (Å²) in [5.41, 5.74) is 2.90. The van der Waals surface area contributed by atoms with Gasteiger partial charge in [0.1, 0.15) is 6.61 Å². The maximum absolute atomic E-state index is 12.8. The van der Waals surface area contributed by atoms with E-state index in [0.29, 0.717) is 30.9 Å². The van der Waals surface area contributed by atoms with Gasteiger partial charge in [-0.2, -0.15) is 5.10 Å². The van der Waals surface area contributed by atoms with E-state index >= 15 is 0 Å². The third-order valence-electron chi connectivity index (χ3n) is 7.46. The number of hydrogen-bond donors (Lipinski definition) is 1. The van der Waals surface area contributed by atoms with Gasteiger partial charge in [-0.25, -0.2) is 9.48 Å². The summed E-state index contributed by atoms with van der Waals surface area (Å²) in [6.45, 7) is 4.89. The number of likely N-dealkylation sites (tertiary alicyclic amines) is 1. The molecule has 0 aliphatic carbocycles. The number of hydrogen-bond acceptors (Lipinski definition) is 7. The fourth-order valence-corrected chi connectivity index (χ4v) is 5.35. The van der Waals surface area contributed by atoms with Crippen LogP contribution in [0.4, 0.5) is 5.82 Å². The van der Waals surface area contributed by atoms with Crippen LogP contribution >= 0.6 is 0 Å². The fraction of sp³-hybridized carbons (Fsp3) is 0.500. The number of benzene rings is 1. The van der Waals surface area contributed by atoms with Gasteiger partial charge in [-0.05, 0) is 61.5 Å². The minimum Gasteiger partial charge on any atom is -0.457 e. The van der Waals surface area contributed by atoms with Gasteiger partial charge in [0.05, 0.1) is 11.7 Å². The molecule has 9 nitrogen and oxygen atoms in total. The van der Waals surface area contributed by atoms with Gasteiger partial charge in [0.2, 0.25) is 5.91 Å². The van der Waals surface area contributed by atoms with Crippen molar-refractivity contribution in [3.63, 3.8) is 0 Å². The normalized spacial score (nSPS) is 20.9. The van der Waals surface area contributed by atoms with Crippen LogP contribution in [0, 0.1) is 12.3 Å². The number of carbonyl (C=O) groups is 2. The number of rotatable bonds is 4. The molecule has 0 saturated carbocycles. The lowest BCUT2D eigenvalue weighted by Crippen LogP contribution is -2.43. The lowest BCUT2D eigenvalue weighted by Gasteiger charge is -2.39. The van der Waals surface area contributed by atoms with Crippen molar-refractivity contribution in [1.82, 2.24) is 14.7 Å². The minimum atomic E-state index is -0.656. The molecular weight excluding hydrogens is 424 g/mol. The Morgan fingerprint density at radius 2 is 1.91 bits per heavy atom. The Hall–Kier alpha value is -3.04. The number of aryl methyl sites for hydroxylation is 1. The Balaban J connectivity index is 1.23. The molecule has 1 aromatic carbocycles. The summed E-state index contributed by atoms with van der Waals surface area (Å²) in [5.74, 6) is 0.259. The number of fused-ring (bicyclic) bond motifs is 1. The summed E-state index contributed by atoms with van der Waals surface area (Å²) in [6, 6.07) is 6.62. The first-order chi connectivity index (χ1) is 15.8. The molecule has 3 aliphatic heterocycles. The quantitative estimate of drug-likeness (QED) is 0.698. The molecule has 0 bridgehead atoms. The molecule has 9 heteroatoms. The maximum Gasteiger partial charge on any atom is 0.338 e. The summed E-state index contributed by atoms with van der Waals surface area (Å²) in [5, 5.41) is 15.2. The third kappa shape index (κ3) is 3.85. The van der Waals surface area contributed by atoms with Crippen molar-refractivity contribution in [1.29, 1.82) is 0 Å². The average Bonchev–Trinajstić information content (AvgIpc) is 3.32. The van der Waals surface area contributed by atoms with E-state index < -0.39 is 6.10 Å². The zero-order valence-electron chi connectivity index (χ0n) is 18.9. The molecule has 4 heterocycles. The molecule has 1 aromatic heterocycles. The van der Waals surface area contributed by atoms with Crippen molar-refractivity contribution in [2.24, 2.45) is 12.5 Å². The second kappa shape index (κ2) is 8.07. The van der Waals surface area contributed by atoms with E-state index in [4.69, 9.17) is 4.74 Å². The summed E-state index contributed by atoms with van der Waals surface area (Å²) in [7, 11) is 1.58. The molecule has 1 atom stereocenters. The van der Waals surface area contributed by atoms with Crippen molar-refractivity contribution in [3.05, 3.63) is 56.9 Å². The number of aromatic nitrogens is 2. The molecule has 1 amide bonds. The molecule has 1 spiro atoms. The number of nitrogens with zero attached hydrogens (tertiary/aromatic N) is 4. The monoisotopic (exact) mass is 452 g/mol. The van der Waals surface area contributed by atoms with Crippen molar-refractivity contribution in [3.8, 4) is 0 Å². The van der Waals surface area contributed by atoms with Crippen molar-refractivity contribution in [2.45, 2.75) is 38.9 Å². The summed E-state index contributed by atoms with van der Waals surface area (Å²) < 4.78 is 6.37. The number of aliphatic hydroxyl groups is 1. The Labute approximate surface area is 191 Å². The number of esters is 1. The molecule has 33 heavy (non-hydrogen) atoms. The predicted octanol–water partition coefficient (Wildman–Crippen LogP) is 1.31. The van der Waals surface area contributed by atoms with Crippen LogP contribution in [0.2, 0.25) is 0 Å². The fourth-order valence-electron chi connectivity index (χ4n) is 5.35. The van der Waals surface area contributed by atoms with Crippen molar-refractivity contribution < 1.29 is 19.4 Å². The molecule has 1 N–H and O–H groups in total. The lowest BCUT2D eigenvalue weighted by molar-refractivity contribution is -0.118. The molecule has 5 rings (SSSR count). The number of cyclic esters (lactones) is 1. The minimum absolute atomic E-state index is 0.0418. The van der Waals surface area contributed by atoms with Gasteiger partial charge in [-0.1, -0.05) is 6.07 Å². The van der Waals surface area contributed by atoms with E-state index in [1.165, 1.54) is 10.7 Å². The topological polar surface area (TPSA) is 105 Å². The van der Waals surface area contributed by atoms with Gasteiger partial charge in [0.15, 0.2) is 5.82 Å². The highest BCUT2D eigenvalue weighted by Crippen LogP contribution is 2.42. The number of piperidine rings is 1. The highest BCUT2D eigenvalue weighted by atomic mass is 16.5. The smallest absolute Gasteiger partial charge is 0.338 e. The van der Waals surface area contributed by atoms with Crippen LogP contribution in [0.1, 0.15) is 52.4 Å². The highest BCUT2D eigenvalue weighted by molar-refractivity contribution is 5.95. The van der Waals surface area contributed by atoms with Crippen molar-refractivity contribution in [2.75, 3.05) is 31.1 Å². The number of amides is 1. The van der Waals surface area contributed by atoms with Crippen LogP contribution in [0.3, 0.4) is 0 Å². The van der Waals surface area contributed by atoms with E-state index in [1.54, 1.807) is 24.1 Å². The number of carbonyl (C=O) groups excluding carboxylic acids is 2. The van der Waals surface area contributed by atoms with Crippen LogP contribution in [0.25, 0.3) is 0 Å². The average molecular weight is 453 g/mol. The lowest BCUT2D eigenvalue weighted by atomic mass is 9.77. The molecular formula is C24H28N4O5. The molecule has 2 aromatic rings. The Bertz CT molecular complexity index is 1180. The number of anilines is 1. The maximum atomic E-state index is 12.8. The number of β-amino-alcohol motifs (C(OH)–C–C–N with tert-alkyl or cyclic N) is 1. The summed E-state index contributed by atoms with van der Waals surface area (Å²) in [6.07, 6.45) is 1.54. The molecule has 0 unspecified atom stereocenters. The van der Waals surface area contributed by atoms with E-state index in [1.807, 2.05) is 13.0 Å². The van der Waals surface area contributed by atoms with Gasteiger partial charge in [0.25, 0.3) is 5.56 Å². The van der Waals surface area contributed by atoms with E-state index in [9.17, 15) is 19.5 Å².